The quantitative estimate of drug-likeness (QED) is 0.854. The van der Waals surface area contributed by atoms with E-state index in [-0.39, 0.29) is 11.3 Å². The van der Waals surface area contributed by atoms with E-state index in [0.717, 1.165) is 6.54 Å². The normalized spacial score (nSPS) is 22.7. The topological polar surface area (TPSA) is 67.2 Å². The third kappa shape index (κ3) is 2.90. The Morgan fingerprint density at radius 3 is 3.06 bits per heavy atom. The molecular weight excluding hydrogens is 230 g/mol. The second-order valence-electron chi connectivity index (χ2n) is 5.63. The molecule has 1 aromatic heterocycles. The van der Waals surface area contributed by atoms with Gasteiger partial charge in [0.2, 0.25) is 0 Å². The molecule has 5 nitrogen and oxygen atoms in total. The van der Waals surface area contributed by atoms with Crippen molar-refractivity contribution in [2.75, 3.05) is 13.1 Å². The standard InChI is InChI=1S/C13H21N3O2/c1-9-7-10(16-18-9)12(17)15-8-11-13(2,3)5-4-6-14-11/h7,11,14H,4-6,8H2,1-3H3,(H,15,17). The van der Waals surface area contributed by atoms with E-state index < -0.39 is 0 Å². The van der Waals surface area contributed by atoms with E-state index in [1.54, 1.807) is 13.0 Å². The zero-order valence-corrected chi connectivity index (χ0v) is 11.2. The molecule has 1 unspecified atom stereocenters. The van der Waals surface area contributed by atoms with Gasteiger partial charge in [0.1, 0.15) is 5.76 Å². The molecule has 1 aliphatic rings. The van der Waals surface area contributed by atoms with Crippen molar-refractivity contribution in [1.29, 1.82) is 0 Å². The van der Waals surface area contributed by atoms with Gasteiger partial charge in [0.05, 0.1) is 0 Å². The number of rotatable bonds is 3. The second kappa shape index (κ2) is 5.10. The van der Waals surface area contributed by atoms with Crippen LogP contribution in [-0.2, 0) is 0 Å². The number of carbonyl (C=O) groups is 1. The van der Waals surface area contributed by atoms with E-state index in [0.29, 0.717) is 24.0 Å². The van der Waals surface area contributed by atoms with Crippen molar-refractivity contribution in [2.24, 2.45) is 5.41 Å². The van der Waals surface area contributed by atoms with E-state index in [4.69, 9.17) is 4.52 Å². The number of aryl methyl sites for hydroxylation is 1. The lowest BCUT2D eigenvalue weighted by Crippen LogP contribution is -2.52. The van der Waals surface area contributed by atoms with Gasteiger partial charge >= 0.3 is 0 Å². The number of hydrogen-bond acceptors (Lipinski definition) is 4. The fraction of sp³-hybridized carbons (Fsp3) is 0.692. The summed E-state index contributed by atoms with van der Waals surface area (Å²) in [5, 5.41) is 10.1. The van der Waals surface area contributed by atoms with Crippen LogP contribution in [0.15, 0.2) is 10.6 Å². The molecule has 0 saturated carbocycles. The molecule has 1 amide bonds. The molecule has 18 heavy (non-hydrogen) atoms. The number of nitrogens with one attached hydrogen (secondary N) is 2. The van der Waals surface area contributed by atoms with Gasteiger partial charge < -0.3 is 15.2 Å². The van der Waals surface area contributed by atoms with Crippen LogP contribution in [0.3, 0.4) is 0 Å². The van der Waals surface area contributed by atoms with Crippen molar-refractivity contribution >= 4 is 5.91 Å². The molecule has 2 rings (SSSR count). The molecule has 0 radical (unpaired) electrons. The Hall–Kier alpha value is -1.36. The molecule has 5 heteroatoms. The van der Waals surface area contributed by atoms with Crippen LogP contribution in [0.5, 0.6) is 0 Å². The molecule has 2 N–H and O–H groups in total. The molecule has 0 aromatic carbocycles. The number of hydrogen-bond donors (Lipinski definition) is 2. The van der Waals surface area contributed by atoms with E-state index >= 15 is 0 Å². The second-order valence-corrected chi connectivity index (χ2v) is 5.63. The van der Waals surface area contributed by atoms with Crippen molar-refractivity contribution in [2.45, 2.75) is 39.7 Å². The zero-order chi connectivity index (χ0) is 13.2. The summed E-state index contributed by atoms with van der Waals surface area (Å²) in [5.74, 6) is 0.478. The van der Waals surface area contributed by atoms with Crippen molar-refractivity contribution < 1.29 is 9.32 Å². The molecule has 0 bridgehead atoms. The summed E-state index contributed by atoms with van der Waals surface area (Å²) in [6.07, 6.45) is 2.38. The summed E-state index contributed by atoms with van der Waals surface area (Å²) >= 11 is 0. The summed E-state index contributed by atoms with van der Waals surface area (Å²) in [5.41, 5.74) is 0.562. The van der Waals surface area contributed by atoms with Gasteiger partial charge in [-0.25, -0.2) is 0 Å². The van der Waals surface area contributed by atoms with Gasteiger partial charge in [0, 0.05) is 18.7 Å². The summed E-state index contributed by atoms with van der Waals surface area (Å²) in [6.45, 7) is 7.88. The fourth-order valence-corrected chi connectivity index (χ4v) is 2.38. The lowest BCUT2D eigenvalue weighted by Gasteiger charge is -2.39. The van der Waals surface area contributed by atoms with Gasteiger partial charge in [-0.2, -0.15) is 0 Å². The van der Waals surface area contributed by atoms with E-state index in [1.165, 1.54) is 12.8 Å². The minimum atomic E-state index is -0.171. The van der Waals surface area contributed by atoms with Gasteiger partial charge in [0.25, 0.3) is 5.91 Å². The highest BCUT2D eigenvalue weighted by atomic mass is 16.5. The Morgan fingerprint density at radius 1 is 1.67 bits per heavy atom. The Labute approximate surface area is 107 Å². The largest absolute Gasteiger partial charge is 0.361 e. The lowest BCUT2D eigenvalue weighted by atomic mass is 9.77. The number of piperidine rings is 1. The minimum Gasteiger partial charge on any atom is -0.361 e. The van der Waals surface area contributed by atoms with Gasteiger partial charge in [-0.15, -0.1) is 0 Å². The molecule has 0 spiro atoms. The monoisotopic (exact) mass is 251 g/mol. The maximum atomic E-state index is 11.9. The van der Waals surface area contributed by atoms with E-state index in [9.17, 15) is 4.79 Å². The summed E-state index contributed by atoms with van der Waals surface area (Å²) < 4.78 is 4.89. The summed E-state index contributed by atoms with van der Waals surface area (Å²) in [6, 6.07) is 1.96. The van der Waals surface area contributed by atoms with Crippen LogP contribution >= 0.6 is 0 Å². The molecule has 1 aliphatic heterocycles. The van der Waals surface area contributed by atoms with Gasteiger partial charge in [-0.1, -0.05) is 19.0 Å². The molecule has 1 atom stereocenters. The fourth-order valence-electron chi connectivity index (χ4n) is 2.38. The first-order valence-corrected chi connectivity index (χ1v) is 6.44. The van der Waals surface area contributed by atoms with Crippen LogP contribution in [0.2, 0.25) is 0 Å². The van der Waals surface area contributed by atoms with Crippen molar-refractivity contribution in [3.8, 4) is 0 Å². The summed E-state index contributed by atoms with van der Waals surface area (Å²) in [7, 11) is 0. The Balaban J connectivity index is 1.89. The molecule has 2 heterocycles. The highest BCUT2D eigenvalue weighted by Gasteiger charge is 2.32. The SMILES string of the molecule is Cc1cc(C(=O)NCC2NCCCC2(C)C)no1. The van der Waals surface area contributed by atoms with Crippen LogP contribution in [0.25, 0.3) is 0 Å². The van der Waals surface area contributed by atoms with Crippen molar-refractivity contribution in [3.63, 3.8) is 0 Å². The van der Waals surface area contributed by atoms with Gasteiger partial charge in [-0.05, 0) is 31.7 Å². The van der Waals surface area contributed by atoms with Crippen LogP contribution in [0, 0.1) is 12.3 Å². The molecular formula is C13H21N3O2. The number of nitrogens with zero attached hydrogens (tertiary/aromatic N) is 1. The Bertz CT molecular complexity index is 426. The number of amides is 1. The molecule has 0 aliphatic carbocycles. The summed E-state index contributed by atoms with van der Waals surface area (Å²) in [4.78, 5) is 11.9. The van der Waals surface area contributed by atoms with Crippen LogP contribution in [0.4, 0.5) is 0 Å². The predicted octanol–water partition coefficient (Wildman–Crippen LogP) is 1.49. The molecule has 1 aromatic rings. The molecule has 100 valence electrons. The lowest BCUT2D eigenvalue weighted by molar-refractivity contribution is 0.0920. The number of aromatic nitrogens is 1. The molecule has 1 fully saturated rings. The number of carbonyl (C=O) groups excluding carboxylic acids is 1. The zero-order valence-electron chi connectivity index (χ0n) is 11.2. The first-order valence-electron chi connectivity index (χ1n) is 6.44. The van der Waals surface area contributed by atoms with Gasteiger partial charge in [-0.3, -0.25) is 4.79 Å². The third-order valence-corrected chi connectivity index (χ3v) is 3.66. The highest BCUT2D eigenvalue weighted by molar-refractivity contribution is 5.92. The van der Waals surface area contributed by atoms with E-state index in [1.807, 2.05) is 0 Å². The average molecular weight is 251 g/mol. The predicted molar refractivity (Wildman–Crippen MR) is 68.4 cm³/mol. The maximum absolute atomic E-state index is 11.9. The van der Waals surface area contributed by atoms with E-state index in [2.05, 4.69) is 29.6 Å². The van der Waals surface area contributed by atoms with Crippen molar-refractivity contribution in [3.05, 3.63) is 17.5 Å². The van der Waals surface area contributed by atoms with Crippen LogP contribution in [0.1, 0.15) is 42.9 Å². The highest BCUT2D eigenvalue weighted by Crippen LogP contribution is 2.29. The smallest absolute Gasteiger partial charge is 0.273 e. The van der Waals surface area contributed by atoms with Crippen LogP contribution < -0.4 is 10.6 Å². The van der Waals surface area contributed by atoms with Gasteiger partial charge in [0.15, 0.2) is 5.69 Å². The third-order valence-electron chi connectivity index (χ3n) is 3.66. The first kappa shape index (κ1) is 13.1. The average Bonchev–Trinajstić information content (AvgIpc) is 2.73. The molecule has 1 saturated heterocycles. The Kier molecular flexibility index (Phi) is 3.71. The minimum absolute atomic E-state index is 0.171. The maximum Gasteiger partial charge on any atom is 0.273 e. The van der Waals surface area contributed by atoms with Crippen molar-refractivity contribution in [1.82, 2.24) is 15.8 Å². The first-order chi connectivity index (χ1) is 8.49. The Morgan fingerprint density at radius 2 is 2.44 bits per heavy atom. The van der Waals surface area contributed by atoms with Crippen LogP contribution in [-0.4, -0.2) is 30.2 Å².